The molecule has 0 radical (unpaired) electrons. The molecule has 3 saturated heterocycles. The van der Waals surface area contributed by atoms with Gasteiger partial charge in [0.25, 0.3) is 5.56 Å². The molecule has 5 rings (SSSR count). The summed E-state index contributed by atoms with van der Waals surface area (Å²) < 4.78 is 1.42. The minimum atomic E-state index is -0.737. The number of hydrogen-bond donors (Lipinski definition) is 1. The summed E-state index contributed by atoms with van der Waals surface area (Å²) in [5, 5.41) is 2.77. The summed E-state index contributed by atoms with van der Waals surface area (Å²) in [6.07, 6.45) is 4.74. The van der Waals surface area contributed by atoms with Crippen LogP contribution in [0.2, 0.25) is 0 Å². The molecule has 2 aromatic rings. The number of amides is 2. The molecule has 202 valence electrons. The molecule has 3 fully saturated rings. The zero-order valence-electron chi connectivity index (χ0n) is 22.5. The molecule has 1 N–H and O–H groups in total. The van der Waals surface area contributed by atoms with Crippen molar-refractivity contribution < 1.29 is 9.59 Å². The second-order valence-corrected chi connectivity index (χ2v) is 10.8. The predicted molar refractivity (Wildman–Crippen MR) is 147 cm³/mol. The van der Waals surface area contributed by atoms with Crippen LogP contribution >= 0.6 is 0 Å². The van der Waals surface area contributed by atoms with Gasteiger partial charge in [0.1, 0.15) is 11.9 Å². The molecule has 1 aromatic heterocycles. The average Bonchev–Trinajstić information content (AvgIpc) is 2.90. The van der Waals surface area contributed by atoms with E-state index in [0.29, 0.717) is 28.7 Å². The number of nitrogens with one attached hydrogen (secondary N) is 1. The van der Waals surface area contributed by atoms with Gasteiger partial charge in [-0.25, -0.2) is 4.98 Å². The van der Waals surface area contributed by atoms with E-state index in [9.17, 15) is 14.4 Å². The predicted octanol–water partition coefficient (Wildman–Crippen LogP) is 1.53. The highest BCUT2D eigenvalue weighted by atomic mass is 16.2. The molecular weight excluding hydrogens is 480 g/mol. The molecule has 2 amide bonds. The fourth-order valence-electron chi connectivity index (χ4n) is 6.00. The largest absolute Gasteiger partial charge is 0.304 e. The van der Waals surface area contributed by atoms with Crippen LogP contribution in [-0.2, 0) is 9.59 Å². The Balaban J connectivity index is 1.20. The fraction of sp³-hybridized carbons (Fsp3) is 0.586. The third-order valence-electron chi connectivity index (χ3n) is 8.24. The van der Waals surface area contributed by atoms with E-state index in [1.165, 1.54) is 43.6 Å². The molecule has 38 heavy (non-hydrogen) atoms. The summed E-state index contributed by atoms with van der Waals surface area (Å²) in [6, 6.07) is 5.49. The quantitative estimate of drug-likeness (QED) is 0.365. The number of piperidine rings is 2. The number of likely N-dealkylation sites (N-methyl/N-ethyl adjacent to an activating group) is 1. The number of aryl methyl sites for hydroxylation is 1. The molecule has 9 heteroatoms. The lowest BCUT2D eigenvalue weighted by atomic mass is 10.0. The summed E-state index contributed by atoms with van der Waals surface area (Å²) in [5.74, 6) is 6.16. The van der Waals surface area contributed by atoms with Gasteiger partial charge in [-0.15, -0.1) is 0 Å². The van der Waals surface area contributed by atoms with E-state index in [2.05, 4.69) is 43.9 Å². The zero-order chi connectivity index (χ0) is 26.6. The average molecular weight is 519 g/mol. The number of unbranched alkanes of at least 4 members (excludes halogenated alkanes) is 1. The van der Waals surface area contributed by atoms with Gasteiger partial charge >= 0.3 is 0 Å². The van der Waals surface area contributed by atoms with E-state index in [0.717, 1.165) is 38.5 Å². The molecule has 3 aliphatic heterocycles. The molecule has 9 nitrogen and oxygen atoms in total. The normalized spacial score (nSPS) is 22.3. The van der Waals surface area contributed by atoms with Gasteiger partial charge in [-0.05, 0) is 71.4 Å². The van der Waals surface area contributed by atoms with E-state index < -0.39 is 11.9 Å². The van der Waals surface area contributed by atoms with Gasteiger partial charge in [-0.1, -0.05) is 17.9 Å². The minimum absolute atomic E-state index is 0.204. The van der Waals surface area contributed by atoms with Crippen molar-refractivity contribution in [3.63, 3.8) is 0 Å². The van der Waals surface area contributed by atoms with Crippen molar-refractivity contribution >= 4 is 22.7 Å². The van der Waals surface area contributed by atoms with Crippen molar-refractivity contribution in [3.8, 4) is 11.8 Å². The van der Waals surface area contributed by atoms with Gasteiger partial charge in [-0.2, -0.15) is 0 Å². The summed E-state index contributed by atoms with van der Waals surface area (Å²) >= 11 is 0. The van der Waals surface area contributed by atoms with Gasteiger partial charge in [0.15, 0.2) is 0 Å². The molecule has 1 atom stereocenters. The lowest BCUT2D eigenvalue weighted by Gasteiger charge is -2.42. The molecule has 1 unspecified atom stereocenters. The Hall–Kier alpha value is -3.06. The van der Waals surface area contributed by atoms with Crippen LogP contribution in [0.5, 0.6) is 0 Å². The maximum Gasteiger partial charge on any atom is 0.263 e. The number of imide groups is 1. The van der Waals surface area contributed by atoms with Gasteiger partial charge in [-0.3, -0.25) is 29.2 Å². The van der Waals surface area contributed by atoms with Crippen molar-refractivity contribution in [2.24, 2.45) is 0 Å². The third-order valence-corrected chi connectivity index (χ3v) is 8.24. The Morgan fingerprint density at radius 2 is 1.79 bits per heavy atom. The lowest BCUT2D eigenvalue weighted by molar-refractivity contribution is -0.135. The van der Waals surface area contributed by atoms with E-state index in [1.54, 1.807) is 13.0 Å². The first-order chi connectivity index (χ1) is 18.4. The second-order valence-electron chi connectivity index (χ2n) is 10.8. The second kappa shape index (κ2) is 11.8. The number of rotatable bonds is 5. The first-order valence-corrected chi connectivity index (χ1v) is 13.9. The Labute approximate surface area is 224 Å². The topological polar surface area (TPSA) is 90.8 Å². The van der Waals surface area contributed by atoms with Gasteiger partial charge in [0, 0.05) is 50.6 Å². The van der Waals surface area contributed by atoms with E-state index in [4.69, 9.17) is 0 Å². The minimum Gasteiger partial charge on any atom is -0.304 e. The van der Waals surface area contributed by atoms with Crippen molar-refractivity contribution in [1.82, 2.24) is 29.6 Å². The van der Waals surface area contributed by atoms with Crippen LogP contribution < -0.4 is 10.9 Å². The van der Waals surface area contributed by atoms with Crippen LogP contribution in [0.4, 0.5) is 0 Å². The molecule has 3 aliphatic rings. The van der Waals surface area contributed by atoms with E-state index in [1.807, 2.05) is 12.1 Å². The summed E-state index contributed by atoms with van der Waals surface area (Å²) in [6.45, 7) is 9.81. The van der Waals surface area contributed by atoms with E-state index in [-0.39, 0.29) is 17.9 Å². The highest BCUT2D eigenvalue weighted by Crippen LogP contribution is 2.21. The third kappa shape index (κ3) is 5.83. The Bertz CT molecular complexity index is 1310. The molecule has 4 heterocycles. The smallest absolute Gasteiger partial charge is 0.263 e. The number of fused-ring (bicyclic) bond motifs is 1. The van der Waals surface area contributed by atoms with Gasteiger partial charge in [0.05, 0.1) is 10.9 Å². The van der Waals surface area contributed by atoms with Crippen LogP contribution in [0.15, 0.2) is 23.0 Å². The number of aromatic nitrogens is 2. The molecule has 1 aromatic carbocycles. The number of likely N-dealkylation sites (tertiary alicyclic amines) is 1. The Morgan fingerprint density at radius 3 is 2.53 bits per heavy atom. The van der Waals surface area contributed by atoms with Crippen LogP contribution in [0.1, 0.15) is 56.0 Å². The fourth-order valence-corrected chi connectivity index (χ4v) is 6.00. The molecule has 0 saturated carbocycles. The number of carbonyl (C=O) groups is 2. The number of carbonyl (C=O) groups excluding carboxylic acids is 2. The lowest BCUT2D eigenvalue weighted by Crippen LogP contribution is -2.52. The number of nitrogens with zero attached hydrogens (tertiary/aromatic N) is 5. The van der Waals surface area contributed by atoms with Crippen LogP contribution in [0, 0.1) is 18.8 Å². The van der Waals surface area contributed by atoms with Gasteiger partial charge < -0.3 is 9.80 Å². The molecule has 0 bridgehead atoms. The van der Waals surface area contributed by atoms with Crippen molar-refractivity contribution in [2.75, 3.05) is 52.9 Å². The summed E-state index contributed by atoms with van der Waals surface area (Å²) in [7, 11) is 2.21. The van der Waals surface area contributed by atoms with Crippen LogP contribution in [0.3, 0.4) is 0 Å². The number of piperazine rings is 1. The highest BCUT2D eigenvalue weighted by Gasteiger charge is 2.31. The van der Waals surface area contributed by atoms with E-state index >= 15 is 0 Å². The monoisotopic (exact) mass is 518 g/mol. The van der Waals surface area contributed by atoms with Crippen molar-refractivity contribution in [1.29, 1.82) is 0 Å². The van der Waals surface area contributed by atoms with Crippen LogP contribution in [-0.4, -0.2) is 95.0 Å². The highest BCUT2D eigenvalue weighted by molar-refractivity contribution is 5.99. The maximum absolute atomic E-state index is 13.5. The Kier molecular flexibility index (Phi) is 8.22. The standard InChI is InChI=1S/C29H38N6O3/c1-21-30-24-9-6-8-22(27(24)29(38)35(21)25-10-11-26(36)31-28(25)37)7-4-3-5-14-33-15-12-23(13-16-33)34-19-17-32(2)18-20-34/h6,8-9,23,25H,3,5,10-20H2,1-2H3,(H,31,36,37). The maximum atomic E-state index is 13.5. The zero-order valence-corrected chi connectivity index (χ0v) is 22.5. The first kappa shape index (κ1) is 26.5. The van der Waals surface area contributed by atoms with Crippen LogP contribution in [0.25, 0.3) is 10.9 Å². The number of hydrogen-bond acceptors (Lipinski definition) is 7. The summed E-state index contributed by atoms with van der Waals surface area (Å²) in [5.41, 5.74) is 0.926. The SMILES string of the molecule is Cc1nc2cccc(C#CCCCN3CCC(N4CCN(C)CC4)CC3)c2c(=O)n1C1CCC(=O)NC1=O. The molecule has 0 aliphatic carbocycles. The van der Waals surface area contributed by atoms with Crippen molar-refractivity contribution in [3.05, 3.63) is 39.9 Å². The number of benzene rings is 1. The molecular formula is C29H38N6O3. The van der Waals surface area contributed by atoms with Gasteiger partial charge in [0.2, 0.25) is 11.8 Å². The first-order valence-electron chi connectivity index (χ1n) is 13.9. The Morgan fingerprint density at radius 1 is 1.03 bits per heavy atom. The molecule has 0 spiro atoms. The van der Waals surface area contributed by atoms with Crippen molar-refractivity contribution in [2.45, 2.75) is 57.5 Å². The summed E-state index contributed by atoms with van der Waals surface area (Å²) in [4.78, 5) is 49.8.